The first-order chi connectivity index (χ1) is 16.3. The molecule has 1 aliphatic heterocycles. The largest absolute Gasteiger partial charge is 0.383 e. The molecule has 0 spiro atoms. The zero-order chi connectivity index (χ0) is 24.8. The van der Waals surface area contributed by atoms with Crippen LogP contribution in [-0.4, -0.2) is 47.0 Å². The van der Waals surface area contributed by atoms with Crippen molar-refractivity contribution in [3.8, 4) is 0 Å². The monoisotopic (exact) mass is 459 g/mol. The zero-order valence-corrected chi connectivity index (χ0v) is 21.7. The predicted octanol–water partition coefficient (Wildman–Crippen LogP) is 4.83. The van der Waals surface area contributed by atoms with Crippen LogP contribution in [0.2, 0.25) is 0 Å². The Morgan fingerprint density at radius 3 is 2.65 bits per heavy atom. The van der Waals surface area contributed by atoms with Gasteiger partial charge in [-0.2, -0.15) is 0 Å². The molecular formula is C29H41N5. The summed E-state index contributed by atoms with van der Waals surface area (Å²) in [5.74, 6) is 1.45. The Labute approximate surface area is 205 Å². The van der Waals surface area contributed by atoms with Gasteiger partial charge in [-0.25, -0.2) is 4.98 Å². The van der Waals surface area contributed by atoms with Gasteiger partial charge in [0.15, 0.2) is 0 Å². The van der Waals surface area contributed by atoms with E-state index in [0.29, 0.717) is 5.95 Å². The molecule has 1 fully saturated rings. The molecule has 1 aliphatic carbocycles. The molecule has 0 saturated carbocycles. The molecule has 1 atom stereocenters. The summed E-state index contributed by atoms with van der Waals surface area (Å²) in [5.41, 5.74) is 6.81. The second-order valence-corrected chi connectivity index (χ2v) is 9.58. The topological polar surface area (TPSA) is 47.2 Å². The Kier molecular flexibility index (Phi) is 8.43. The molecule has 3 rings (SSSR count). The smallest absolute Gasteiger partial charge is 0.205 e. The fourth-order valence-electron chi connectivity index (χ4n) is 4.74. The fraction of sp³-hybridized carbons (Fsp3) is 0.414. The molecule has 1 aromatic rings. The third-order valence-electron chi connectivity index (χ3n) is 6.61. The summed E-state index contributed by atoms with van der Waals surface area (Å²) >= 11 is 0. The standard InChI is InChI=1S/C29H41N5/c1-9-12-25(17-21(5)34-16-15-20(4)18-34)22(6)30-29-31-27-23(10-2)13-14-26(28(27)32-29)24(11-3)19-33(7)8/h9,11-12,17,19-20H,1,3,6,10,13-16,18H2,2,4-5,7-8H3,(H2,30,31,32)/b21-17+,24-19+,25-12+/t20-/m0/s1. The molecule has 2 aliphatic rings. The van der Waals surface area contributed by atoms with Crippen LogP contribution in [0.15, 0.2) is 72.8 Å². The van der Waals surface area contributed by atoms with Crippen molar-refractivity contribution in [1.29, 1.82) is 0 Å². The first-order valence-corrected chi connectivity index (χ1v) is 12.3. The Balaban J connectivity index is 1.96. The molecule has 0 unspecified atom stereocenters. The molecular weight excluding hydrogens is 418 g/mol. The van der Waals surface area contributed by atoms with E-state index in [4.69, 9.17) is 4.98 Å². The number of likely N-dealkylation sites (tertiary alicyclic amines) is 1. The number of aromatic nitrogens is 2. The summed E-state index contributed by atoms with van der Waals surface area (Å²) in [6, 6.07) is 0. The fourth-order valence-corrected chi connectivity index (χ4v) is 4.74. The third-order valence-corrected chi connectivity index (χ3v) is 6.61. The van der Waals surface area contributed by atoms with Gasteiger partial charge in [0.2, 0.25) is 5.95 Å². The van der Waals surface area contributed by atoms with Gasteiger partial charge in [-0.05, 0) is 66.9 Å². The van der Waals surface area contributed by atoms with Crippen LogP contribution in [0.3, 0.4) is 0 Å². The number of hydrogen-bond donors (Lipinski definition) is 2. The SMILES string of the molecule is C=C/C=C(\C=C(/C)N1CC[C@H](C)C1)C(=C)Nc1nc2c([nH]1)=C(/C(C=C)=C/N(C)C)CCC=2CC. The highest BCUT2D eigenvalue weighted by atomic mass is 15.2. The van der Waals surface area contributed by atoms with Crippen LogP contribution in [0.5, 0.6) is 0 Å². The number of hydrogen-bond acceptors (Lipinski definition) is 4. The maximum Gasteiger partial charge on any atom is 0.205 e. The van der Waals surface area contributed by atoms with Gasteiger partial charge < -0.3 is 20.1 Å². The maximum absolute atomic E-state index is 4.95. The number of nitrogens with one attached hydrogen (secondary N) is 2. The number of anilines is 1. The average molecular weight is 460 g/mol. The summed E-state index contributed by atoms with van der Waals surface area (Å²) in [7, 11) is 4.07. The van der Waals surface area contributed by atoms with Crippen LogP contribution in [0.4, 0.5) is 5.95 Å². The van der Waals surface area contributed by atoms with Gasteiger partial charge in [0.1, 0.15) is 0 Å². The molecule has 1 aromatic heterocycles. The quantitative estimate of drug-likeness (QED) is 0.492. The third kappa shape index (κ3) is 5.82. The highest BCUT2D eigenvalue weighted by Gasteiger charge is 2.19. The first kappa shape index (κ1) is 25.4. The number of rotatable bonds is 10. The first-order valence-electron chi connectivity index (χ1n) is 12.3. The average Bonchev–Trinajstić information content (AvgIpc) is 3.42. The predicted molar refractivity (Wildman–Crippen MR) is 146 cm³/mol. The van der Waals surface area contributed by atoms with E-state index in [2.05, 4.69) is 72.9 Å². The Hall–Kier alpha value is -3.21. The van der Waals surface area contributed by atoms with Crippen LogP contribution >= 0.6 is 0 Å². The van der Waals surface area contributed by atoms with Gasteiger partial charge in [0, 0.05) is 44.8 Å². The molecule has 182 valence electrons. The van der Waals surface area contributed by atoms with E-state index < -0.39 is 0 Å². The molecule has 5 heteroatoms. The summed E-state index contributed by atoms with van der Waals surface area (Å²) in [6.45, 7) is 21.2. The molecule has 2 N–H and O–H groups in total. The van der Waals surface area contributed by atoms with Crippen LogP contribution in [0, 0.1) is 5.92 Å². The van der Waals surface area contributed by atoms with E-state index >= 15 is 0 Å². The van der Waals surface area contributed by atoms with Gasteiger partial charge >= 0.3 is 0 Å². The lowest BCUT2D eigenvalue weighted by Crippen LogP contribution is -2.33. The Morgan fingerprint density at radius 1 is 1.29 bits per heavy atom. The van der Waals surface area contributed by atoms with Crippen LogP contribution < -0.4 is 16.0 Å². The Morgan fingerprint density at radius 2 is 2.06 bits per heavy atom. The normalized spacial score (nSPS) is 19.3. The number of allylic oxidation sites excluding steroid dienone is 6. The van der Waals surface area contributed by atoms with E-state index in [0.717, 1.165) is 65.8 Å². The van der Waals surface area contributed by atoms with Crippen molar-refractivity contribution in [2.24, 2.45) is 5.92 Å². The lowest BCUT2D eigenvalue weighted by atomic mass is 9.93. The van der Waals surface area contributed by atoms with Crippen LogP contribution in [0.1, 0.15) is 46.5 Å². The molecule has 1 saturated heterocycles. The van der Waals surface area contributed by atoms with Gasteiger partial charge in [-0.1, -0.05) is 51.8 Å². The van der Waals surface area contributed by atoms with E-state index in [1.54, 1.807) is 0 Å². The van der Waals surface area contributed by atoms with Gasteiger partial charge in [0.05, 0.1) is 10.7 Å². The van der Waals surface area contributed by atoms with Crippen molar-refractivity contribution in [2.75, 3.05) is 32.5 Å². The second-order valence-electron chi connectivity index (χ2n) is 9.58. The summed E-state index contributed by atoms with van der Waals surface area (Å²) in [5, 5.41) is 5.56. The van der Waals surface area contributed by atoms with Crippen molar-refractivity contribution in [3.05, 3.63) is 83.5 Å². The molecule has 2 heterocycles. The van der Waals surface area contributed by atoms with Gasteiger partial charge in [-0.3, -0.25) is 0 Å². The summed E-state index contributed by atoms with van der Waals surface area (Å²) < 4.78 is 0. The van der Waals surface area contributed by atoms with Crippen molar-refractivity contribution in [1.82, 2.24) is 19.8 Å². The molecule has 0 amide bonds. The summed E-state index contributed by atoms with van der Waals surface area (Å²) in [4.78, 5) is 13.0. The van der Waals surface area contributed by atoms with E-state index in [1.807, 2.05) is 32.3 Å². The molecule has 34 heavy (non-hydrogen) atoms. The van der Waals surface area contributed by atoms with E-state index in [9.17, 15) is 0 Å². The van der Waals surface area contributed by atoms with Gasteiger partial charge in [-0.15, -0.1) is 0 Å². The highest BCUT2D eigenvalue weighted by molar-refractivity contribution is 5.71. The minimum Gasteiger partial charge on any atom is -0.383 e. The molecule has 0 aromatic carbocycles. The second kappa shape index (κ2) is 11.3. The number of fused-ring (bicyclic) bond motifs is 1. The molecule has 0 radical (unpaired) electrons. The van der Waals surface area contributed by atoms with Crippen LogP contribution in [-0.2, 0) is 0 Å². The summed E-state index contributed by atoms with van der Waals surface area (Å²) in [6.07, 6.45) is 14.3. The lowest BCUT2D eigenvalue weighted by Gasteiger charge is -2.20. The molecule has 5 nitrogen and oxygen atoms in total. The highest BCUT2D eigenvalue weighted by Crippen LogP contribution is 2.25. The number of nitrogens with zero attached hydrogens (tertiary/aromatic N) is 3. The number of H-pyrrole nitrogens is 1. The maximum atomic E-state index is 4.95. The van der Waals surface area contributed by atoms with Crippen molar-refractivity contribution < 1.29 is 0 Å². The number of imidazole rings is 1. The van der Waals surface area contributed by atoms with E-state index in [1.165, 1.54) is 23.3 Å². The van der Waals surface area contributed by atoms with Crippen molar-refractivity contribution in [3.63, 3.8) is 0 Å². The molecule has 0 bridgehead atoms. The lowest BCUT2D eigenvalue weighted by molar-refractivity contribution is 0.411. The number of aromatic amines is 1. The Bertz CT molecular complexity index is 1160. The minimum absolute atomic E-state index is 0.712. The zero-order valence-electron chi connectivity index (χ0n) is 21.7. The van der Waals surface area contributed by atoms with Crippen molar-refractivity contribution in [2.45, 2.75) is 46.5 Å². The van der Waals surface area contributed by atoms with E-state index in [-0.39, 0.29) is 0 Å². The minimum atomic E-state index is 0.712. The van der Waals surface area contributed by atoms with Crippen molar-refractivity contribution >= 4 is 17.1 Å². The van der Waals surface area contributed by atoms with Gasteiger partial charge in [0.25, 0.3) is 0 Å². The van der Waals surface area contributed by atoms with Crippen LogP contribution in [0.25, 0.3) is 11.1 Å².